The topological polar surface area (TPSA) is 29.9 Å². The minimum atomic E-state index is 0.0304. The minimum Gasteiger partial charge on any atom is -0.380 e. The molecule has 102 valence electrons. The lowest BCUT2D eigenvalue weighted by Crippen LogP contribution is -2.21. The first kappa shape index (κ1) is 14.1. The van der Waals surface area contributed by atoms with Gasteiger partial charge in [-0.15, -0.1) is 0 Å². The average molecular weight is 322 g/mol. The van der Waals surface area contributed by atoms with Gasteiger partial charge in [0.1, 0.15) is 0 Å². The molecule has 1 aromatic carbocycles. The Hall–Kier alpha value is -1.29. The maximum atomic E-state index is 4.40. The van der Waals surface area contributed by atoms with Crippen LogP contribution in [0.2, 0.25) is 0 Å². The molecule has 1 heterocycles. The van der Waals surface area contributed by atoms with Crippen LogP contribution in [-0.4, -0.2) is 9.78 Å². The van der Waals surface area contributed by atoms with Crippen molar-refractivity contribution in [1.29, 1.82) is 0 Å². The molecule has 0 spiro atoms. The Morgan fingerprint density at radius 1 is 1.32 bits per heavy atom. The van der Waals surface area contributed by atoms with E-state index in [-0.39, 0.29) is 5.54 Å². The molecular formula is C15H20BrN3. The maximum absolute atomic E-state index is 4.40. The number of benzene rings is 1. The van der Waals surface area contributed by atoms with Crippen LogP contribution in [0, 0.1) is 6.92 Å². The molecule has 0 saturated heterocycles. The van der Waals surface area contributed by atoms with Crippen LogP contribution < -0.4 is 5.32 Å². The van der Waals surface area contributed by atoms with Gasteiger partial charge < -0.3 is 5.32 Å². The number of halogens is 1. The fraction of sp³-hybridized carbons (Fsp3) is 0.400. The lowest BCUT2D eigenvalue weighted by molar-refractivity contribution is 0.355. The van der Waals surface area contributed by atoms with Gasteiger partial charge in [0.15, 0.2) is 0 Å². The van der Waals surface area contributed by atoms with E-state index < -0.39 is 0 Å². The summed E-state index contributed by atoms with van der Waals surface area (Å²) in [6.45, 7) is 9.30. The molecule has 4 heteroatoms. The number of aryl methyl sites for hydroxylation is 1. The van der Waals surface area contributed by atoms with Gasteiger partial charge in [0.25, 0.3) is 0 Å². The Kier molecular flexibility index (Phi) is 3.99. The molecule has 0 aliphatic carbocycles. The molecule has 19 heavy (non-hydrogen) atoms. The first-order valence-electron chi connectivity index (χ1n) is 6.40. The molecule has 0 bridgehead atoms. The fourth-order valence-corrected chi connectivity index (χ4v) is 2.41. The van der Waals surface area contributed by atoms with Gasteiger partial charge in [-0.25, -0.2) is 0 Å². The van der Waals surface area contributed by atoms with Crippen molar-refractivity contribution in [2.75, 3.05) is 5.32 Å². The number of hydrogen-bond donors (Lipinski definition) is 1. The quantitative estimate of drug-likeness (QED) is 0.912. The largest absolute Gasteiger partial charge is 0.380 e. The van der Waals surface area contributed by atoms with E-state index in [1.54, 1.807) is 0 Å². The van der Waals surface area contributed by atoms with Crippen molar-refractivity contribution in [3.63, 3.8) is 0 Å². The van der Waals surface area contributed by atoms with Crippen LogP contribution in [0.15, 0.2) is 35.1 Å². The first-order chi connectivity index (χ1) is 8.86. The normalized spacial score (nSPS) is 11.6. The Morgan fingerprint density at radius 2 is 2.05 bits per heavy atom. The maximum Gasteiger partial charge on any atom is 0.0543 e. The van der Waals surface area contributed by atoms with E-state index in [0.717, 1.165) is 16.7 Å². The molecular weight excluding hydrogens is 302 g/mol. The smallest absolute Gasteiger partial charge is 0.0543 e. The predicted octanol–water partition coefficient (Wildman–Crippen LogP) is 4.32. The second-order valence-electron chi connectivity index (χ2n) is 5.80. The molecule has 0 aliphatic rings. The third kappa shape index (κ3) is 3.60. The Labute approximate surface area is 123 Å². The molecule has 0 amide bonds. The lowest BCUT2D eigenvalue weighted by atomic mass is 10.1. The zero-order valence-electron chi connectivity index (χ0n) is 11.9. The van der Waals surface area contributed by atoms with E-state index in [4.69, 9.17) is 0 Å². The van der Waals surface area contributed by atoms with Crippen LogP contribution in [-0.2, 0) is 12.1 Å². The van der Waals surface area contributed by atoms with Crippen molar-refractivity contribution in [3.05, 3.63) is 46.2 Å². The van der Waals surface area contributed by atoms with E-state index >= 15 is 0 Å². The summed E-state index contributed by atoms with van der Waals surface area (Å²) in [5, 5.41) is 7.82. The molecule has 0 saturated carbocycles. The summed E-state index contributed by atoms with van der Waals surface area (Å²) in [4.78, 5) is 0. The van der Waals surface area contributed by atoms with Crippen LogP contribution in [0.5, 0.6) is 0 Å². The zero-order valence-corrected chi connectivity index (χ0v) is 13.5. The van der Waals surface area contributed by atoms with Gasteiger partial charge >= 0.3 is 0 Å². The van der Waals surface area contributed by atoms with Gasteiger partial charge in [-0.2, -0.15) is 5.10 Å². The molecule has 0 unspecified atom stereocenters. The van der Waals surface area contributed by atoms with E-state index in [9.17, 15) is 0 Å². The fourth-order valence-electron chi connectivity index (χ4n) is 1.78. The second-order valence-corrected chi connectivity index (χ2v) is 6.66. The van der Waals surface area contributed by atoms with Gasteiger partial charge in [-0.05, 0) is 61.3 Å². The van der Waals surface area contributed by atoms with Gasteiger partial charge in [0, 0.05) is 28.5 Å². The van der Waals surface area contributed by atoms with Gasteiger partial charge in [-0.3, -0.25) is 4.68 Å². The second kappa shape index (κ2) is 5.37. The Morgan fingerprint density at radius 3 is 2.63 bits per heavy atom. The average Bonchev–Trinajstić information content (AvgIpc) is 2.76. The van der Waals surface area contributed by atoms with Gasteiger partial charge in [0.05, 0.1) is 11.7 Å². The van der Waals surface area contributed by atoms with E-state index in [0.29, 0.717) is 0 Å². The first-order valence-corrected chi connectivity index (χ1v) is 7.19. The molecule has 0 fully saturated rings. The summed E-state index contributed by atoms with van der Waals surface area (Å²) >= 11 is 3.57. The Balaban J connectivity index is 2.04. The highest BCUT2D eigenvalue weighted by Gasteiger charge is 2.13. The number of anilines is 1. The summed E-state index contributed by atoms with van der Waals surface area (Å²) in [6, 6.07) is 6.31. The number of rotatable bonds is 3. The summed E-state index contributed by atoms with van der Waals surface area (Å²) < 4.78 is 3.09. The number of aromatic nitrogens is 2. The third-order valence-corrected chi connectivity index (χ3v) is 3.59. The van der Waals surface area contributed by atoms with Crippen molar-refractivity contribution in [1.82, 2.24) is 9.78 Å². The summed E-state index contributed by atoms with van der Waals surface area (Å²) in [6.07, 6.45) is 4.01. The molecule has 2 aromatic rings. The van der Waals surface area contributed by atoms with E-state index in [1.807, 2.05) is 10.9 Å². The van der Waals surface area contributed by atoms with E-state index in [2.05, 4.69) is 78.4 Å². The SMILES string of the molecule is Cc1ccc(NCc2cnn(C(C)(C)C)c2)c(Br)c1. The summed E-state index contributed by atoms with van der Waals surface area (Å²) in [5.41, 5.74) is 3.57. The predicted molar refractivity (Wildman–Crippen MR) is 83.4 cm³/mol. The zero-order chi connectivity index (χ0) is 14.0. The monoisotopic (exact) mass is 321 g/mol. The van der Waals surface area contributed by atoms with Crippen molar-refractivity contribution in [2.24, 2.45) is 0 Å². The van der Waals surface area contributed by atoms with Crippen molar-refractivity contribution >= 4 is 21.6 Å². The lowest BCUT2D eigenvalue weighted by Gasteiger charge is -2.18. The minimum absolute atomic E-state index is 0.0304. The number of nitrogens with one attached hydrogen (secondary N) is 1. The van der Waals surface area contributed by atoms with E-state index in [1.165, 1.54) is 11.1 Å². The summed E-state index contributed by atoms with van der Waals surface area (Å²) in [5.74, 6) is 0. The molecule has 0 atom stereocenters. The van der Waals surface area contributed by atoms with Crippen molar-refractivity contribution in [2.45, 2.75) is 39.8 Å². The molecule has 3 nitrogen and oxygen atoms in total. The van der Waals surface area contributed by atoms with Crippen LogP contribution in [0.3, 0.4) is 0 Å². The highest BCUT2D eigenvalue weighted by Crippen LogP contribution is 2.24. The molecule has 1 N–H and O–H groups in total. The van der Waals surface area contributed by atoms with Crippen LogP contribution in [0.1, 0.15) is 31.9 Å². The standard InChI is InChI=1S/C15H20BrN3/c1-11-5-6-14(13(16)7-11)17-8-12-9-18-19(10-12)15(2,3)4/h5-7,9-10,17H,8H2,1-4H3. The molecule has 1 aromatic heterocycles. The molecule has 0 radical (unpaired) electrons. The Bertz CT molecular complexity index is 567. The highest BCUT2D eigenvalue weighted by molar-refractivity contribution is 9.10. The molecule has 0 aliphatic heterocycles. The van der Waals surface area contributed by atoms with Crippen LogP contribution in [0.25, 0.3) is 0 Å². The number of nitrogens with zero attached hydrogens (tertiary/aromatic N) is 2. The van der Waals surface area contributed by atoms with Crippen molar-refractivity contribution < 1.29 is 0 Å². The van der Waals surface area contributed by atoms with Crippen LogP contribution in [0.4, 0.5) is 5.69 Å². The number of hydrogen-bond acceptors (Lipinski definition) is 2. The summed E-state index contributed by atoms with van der Waals surface area (Å²) in [7, 11) is 0. The van der Waals surface area contributed by atoms with Crippen LogP contribution >= 0.6 is 15.9 Å². The van der Waals surface area contributed by atoms with Gasteiger partial charge in [-0.1, -0.05) is 6.07 Å². The highest BCUT2D eigenvalue weighted by atomic mass is 79.9. The van der Waals surface area contributed by atoms with Crippen molar-refractivity contribution in [3.8, 4) is 0 Å². The van der Waals surface area contributed by atoms with Gasteiger partial charge in [0.2, 0.25) is 0 Å². The third-order valence-electron chi connectivity index (χ3n) is 2.93. The molecule has 2 rings (SSSR count).